The fraction of sp³-hybridized carbons (Fsp3) is 0.667. The van der Waals surface area contributed by atoms with Crippen LogP contribution in [-0.4, -0.2) is 37.9 Å². The van der Waals surface area contributed by atoms with Gasteiger partial charge in [-0.3, -0.25) is 5.10 Å². The Hall–Kier alpha value is -0.920. The molecule has 1 aliphatic rings. The number of aromatic amines is 1. The molecule has 7 heteroatoms. The quantitative estimate of drug-likeness (QED) is 0.796. The van der Waals surface area contributed by atoms with Gasteiger partial charge in [-0.1, -0.05) is 0 Å². The molecule has 0 amide bonds. The van der Waals surface area contributed by atoms with Gasteiger partial charge in [-0.2, -0.15) is 5.10 Å². The number of rotatable bonds is 4. The van der Waals surface area contributed by atoms with Gasteiger partial charge in [0.25, 0.3) is 10.0 Å². The van der Waals surface area contributed by atoms with Crippen molar-refractivity contribution in [3.05, 3.63) is 12.3 Å². The van der Waals surface area contributed by atoms with Crippen molar-refractivity contribution in [1.82, 2.24) is 14.9 Å². The molecule has 0 aliphatic heterocycles. The monoisotopic (exact) mass is 245 g/mol. The van der Waals surface area contributed by atoms with E-state index in [2.05, 4.69) is 14.9 Å². The highest BCUT2D eigenvalue weighted by Gasteiger charge is 2.31. The highest BCUT2D eigenvalue weighted by atomic mass is 32.2. The molecular formula is C9H15N3O3S. The second-order valence-electron chi connectivity index (χ2n) is 3.85. The Morgan fingerprint density at radius 1 is 1.56 bits per heavy atom. The fourth-order valence-corrected chi connectivity index (χ4v) is 3.21. The Bertz CT molecular complexity index is 429. The minimum absolute atomic E-state index is 0.0299. The van der Waals surface area contributed by atoms with E-state index < -0.39 is 10.0 Å². The van der Waals surface area contributed by atoms with Gasteiger partial charge in [0.1, 0.15) is 0 Å². The summed E-state index contributed by atoms with van der Waals surface area (Å²) in [7, 11) is -1.89. The van der Waals surface area contributed by atoms with E-state index in [1.807, 2.05) is 0 Å². The highest BCUT2D eigenvalue weighted by Crippen LogP contribution is 2.22. The van der Waals surface area contributed by atoms with Gasteiger partial charge in [0.05, 0.1) is 12.3 Å². The van der Waals surface area contributed by atoms with Crippen molar-refractivity contribution in [2.45, 2.75) is 36.4 Å². The zero-order chi connectivity index (χ0) is 11.6. The number of aromatic nitrogens is 2. The fourth-order valence-electron chi connectivity index (χ4n) is 2.00. The zero-order valence-electron chi connectivity index (χ0n) is 9.01. The van der Waals surface area contributed by atoms with Gasteiger partial charge >= 0.3 is 0 Å². The summed E-state index contributed by atoms with van der Waals surface area (Å²) in [6.07, 6.45) is 4.07. The standard InChI is InChI=1S/C9H15N3O3S/c1-15-8-4-2-3-7(8)12-16(13,14)9-5-6-10-11-9/h5-8,12H,2-4H2,1H3,(H,10,11). The van der Waals surface area contributed by atoms with Crippen LogP contribution in [0.3, 0.4) is 0 Å². The number of hydrogen-bond acceptors (Lipinski definition) is 4. The molecule has 0 bridgehead atoms. The van der Waals surface area contributed by atoms with E-state index >= 15 is 0 Å². The normalized spacial score (nSPS) is 26.1. The van der Waals surface area contributed by atoms with Crippen LogP contribution in [0.2, 0.25) is 0 Å². The smallest absolute Gasteiger partial charge is 0.257 e. The second kappa shape index (κ2) is 4.52. The molecule has 1 aromatic rings. The highest BCUT2D eigenvalue weighted by molar-refractivity contribution is 7.89. The van der Waals surface area contributed by atoms with Crippen LogP contribution in [0.5, 0.6) is 0 Å². The largest absolute Gasteiger partial charge is 0.380 e. The SMILES string of the molecule is COC1CCCC1NS(=O)(=O)c1ccn[nH]1. The molecule has 0 saturated heterocycles. The molecule has 1 aromatic heterocycles. The van der Waals surface area contributed by atoms with Crippen molar-refractivity contribution in [2.75, 3.05) is 7.11 Å². The lowest BCUT2D eigenvalue weighted by atomic mass is 10.2. The molecule has 0 aromatic carbocycles. The van der Waals surface area contributed by atoms with Crippen molar-refractivity contribution in [3.8, 4) is 0 Å². The van der Waals surface area contributed by atoms with Crippen molar-refractivity contribution in [3.63, 3.8) is 0 Å². The lowest BCUT2D eigenvalue weighted by molar-refractivity contribution is 0.0916. The number of nitrogens with one attached hydrogen (secondary N) is 2. The summed E-state index contributed by atoms with van der Waals surface area (Å²) in [6, 6.07) is 1.29. The van der Waals surface area contributed by atoms with E-state index in [0.717, 1.165) is 19.3 Å². The minimum atomic E-state index is -3.49. The Balaban J connectivity index is 2.10. The molecule has 2 rings (SSSR count). The van der Waals surface area contributed by atoms with E-state index in [4.69, 9.17) is 4.74 Å². The number of hydrogen-bond donors (Lipinski definition) is 2. The topological polar surface area (TPSA) is 84.1 Å². The van der Waals surface area contributed by atoms with Crippen molar-refractivity contribution in [1.29, 1.82) is 0 Å². The van der Waals surface area contributed by atoms with Crippen LogP contribution in [0, 0.1) is 0 Å². The molecule has 6 nitrogen and oxygen atoms in total. The van der Waals surface area contributed by atoms with E-state index in [9.17, 15) is 8.42 Å². The molecule has 90 valence electrons. The van der Waals surface area contributed by atoms with Crippen LogP contribution in [0.1, 0.15) is 19.3 Å². The lowest BCUT2D eigenvalue weighted by Gasteiger charge is -2.18. The summed E-state index contributed by atoms with van der Waals surface area (Å²) in [5.41, 5.74) is 0. The van der Waals surface area contributed by atoms with Crippen LogP contribution < -0.4 is 4.72 Å². The summed E-state index contributed by atoms with van der Waals surface area (Å²) in [5.74, 6) is 0. The molecule has 2 N–H and O–H groups in total. The number of sulfonamides is 1. The van der Waals surface area contributed by atoms with Crippen molar-refractivity contribution < 1.29 is 13.2 Å². The number of ether oxygens (including phenoxy) is 1. The maximum absolute atomic E-state index is 11.9. The van der Waals surface area contributed by atoms with E-state index in [1.165, 1.54) is 12.3 Å². The predicted molar refractivity (Wildman–Crippen MR) is 57.3 cm³/mol. The Kier molecular flexibility index (Phi) is 3.27. The third-order valence-corrected chi connectivity index (χ3v) is 4.25. The van der Waals surface area contributed by atoms with Gasteiger partial charge in [-0.25, -0.2) is 13.1 Å². The van der Waals surface area contributed by atoms with E-state index in [-0.39, 0.29) is 17.2 Å². The van der Waals surface area contributed by atoms with Crippen molar-refractivity contribution >= 4 is 10.0 Å². The minimum Gasteiger partial charge on any atom is -0.380 e. The predicted octanol–water partition coefficient (Wildman–Crippen LogP) is 0.255. The van der Waals surface area contributed by atoms with Gasteiger partial charge < -0.3 is 4.74 Å². The first-order valence-electron chi connectivity index (χ1n) is 5.18. The Morgan fingerprint density at radius 2 is 2.38 bits per heavy atom. The summed E-state index contributed by atoms with van der Waals surface area (Å²) >= 11 is 0. The van der Waals surface area contributed by atoms with Gasteiger partial charge in [0, 0.05) is 13.2 Å². The molecule has 1 aliphatic carbocycles. The molecule has 16 heavy (non-hydrogen) atoms. The second-order valence-corrected chi connectivity index (χ2v) is 5.54. The van der Waals surface area contributed by atoms with Gasteiger partial charge in [-0.05, 0) is 25.3 Å². The lowest BCUT2D eigenvalue weighted by Crippen LogP contribution is -2.40. The molecule has 1 saturated carbocycles. The summed E-state index contributed by atoms with van der Waals surface area (Å²) in [4.78, 5) is 0. The maximum Gasteiger partial charge on any atom is 0.257 e. The summed E-state index contributed by atoms with van der Waals surface area (Å²) in [5, 5.41) is 6.16. The zero-order valence-corrected chi connectivity index (χ0v) is 9.83. The van der Waals surface area contributed by atoms with Gasteiger partial charge in [0.2, 0.25) is 0 Å². The average Bonchev–Trinajstić information content (AvgIpc) is 2.86. The average molecular weight is 245 g/mol. The Morgan fingerprint density at radius 3 is 3.00 bits per heavy atom. The molecule has 2 atom stereocenters. The van der Waals surface area contributed by atoms with E-state index in [1.54, 1.807) is 7.11 Å². The first-order chi connectivity index (χ1) is 7.63. The molecule has 2 unspecified atom stereocenters. The van der Waals surface area contributed by atoms with E-state index in [0.29, 0.717) is 0 Å². The van der Waals surface area contributed by atoms with Crippen LogP contribution in [0.4, 0.5) is 0 Å². The summed E-state index contributed by atoms with van der Waals surface area (Å²) < 4.78 is 31.6. The maximum atomic E-state index is 11.9. The third kappa shape index (κ3) is 2.26. The van der Waals surface area contributed by atoms with Crippen LogP contribution in [0.25, 0.3) is 0 Å². The molecule has 0 radical (unpaired) electrons. The number of nitrogens with zero attached hydrogens (tertiary/aromatic N) is 1. The van der Waals surface area contributed by atoms with Crippen LogP contribution in [0.15, 0.2) is 17.3 Å². The third-order valence-electron chi connectivity index (χ3n) is 2.83. The first kappa shape index (κ1) is 11.6. The van der Waals surface area contributed by atoms with Crippen LogP contribution in [-0.2, 0) is 14.8 Å². The number of H-pyrrole nitrogens is 1. The molecule has 0 spiro atoms. The van der Waals surface area contributed by atoms with Gasteiger partial charge in [0.15, 0.2) is 5.03 Å². The molecular weight excluding hydrogens is 230 g/mol. The molecule has 1 heterocycles. The molecule has 1 fully saturated rings. The Labute approximate surface area is 94.4 Å². The van der Waals surface area contributed by atoms with Crippen molar-refractivity contribution in [2.24, 2.45) is 0 Å². The first-order valence-corrected chi connectivity index (χ1v) is 6.66. The van der Waals surface area contributed by atoms with Gasteiger partial charge in [-0.15, -0.1) is 0 Å². The summed E-state index contributed by atoms with van der Waals surface area (Å²) in [6.45, 7) is 0. The van der Waals surface area contributed by atoms with Crippen LogP contribution >= 0.6 is 0 Å². The number of methoxy groups -OCH3 is 1.